The summed E-state index contributed by atoms with van der Waals surface area (Å²) in [6.45, 7) is 4.15. The zero-order valence-corrected chi connectivity index (χ0v) is 13.2. The second-order valence-corrected chi connectivity index (χ2v) is 5.63. The van der Waals surface area contributed by atoms with E-state index in [1.54, 1.807) is 18.4 Å². The number of aliphatic imine (C=N–C) groups is 1. The number of hydrogen-bond acceptors (Lipinski definition) is 3. The summed E-state index contributed by atoms with van der Waals surface area (Å²) in [5.41, 5.74) is 1.20. The van der Waals surface area contributed by atoms with E-state index in [0.717, 1.165) is 18.3 Å². The van der Waals surface area contributed by atoms with E-state index in [1.165, 1.54) is 10.4 Å². The van der Waals surface area contributed by atoms with Gasteiger partial charge in [-0.3, -0.25) is 4.99 Å². The second kappa shape index (κ2) is 8.32. The molecular formula is C16H21N3OS. The Bertz CT molecular complexity index is 567. The van der Waals surface area contributed by atoms with Crippen LogP contribution < -0.4 is 15.4 Å². The van der Waals surface area contributed by atoms with E-state index in [2.05, 4.69) is 40.1 Å². The lowest BCUT2D eigenvalue weighted by Crippen LogP contribution is -2.38. The van der Waals surface area contributed by atoms with Gasteiger partial charge in [0.05, 0.1) is 13.1 Å². The van der Waals surface area contributed by atoms with Crippen LogP contribution in [0.25, 0.3) is 0 Å². The number of nitrogens with zero attached hydrogens (tertiary/aromatic N) is 1. The normalized spacial score (nSPS) is 11.2. The minimum absolute atomic E-state index is 0.600. The zero-order chi connectivity index (χ0) is 14.9. The van der Waals surface area contributed by atoms with Crippen molar-refractivity contribution in [3.05, 3.63) is 52.2 Å². The monoisotopic (exact) mass is 303 g/mol. The summed E-state index contributed by atoms with van der Waals surface area (Å²) >= 11 is 1.73. The topological polar surface area (TPSA) is 45.7 Å². The van der Waals surface area contributed by atoms with E-state index in [-0.39, 0.29) is 0 Å². The van der Waals surface area contributed by atoms with Crippen molar-refractivity contribution in [1.82, 2.24) is 10.6 Å². The van der Waals surface area contributed by atoms with Gasteiger partial charge in [-0.1, -0.05) is 18.2 Å². The Morgan fingerprint density at radius 2 is 2.14 bits per heavy atom. The molecule has 4 nitrogen and oxygen atoms in total. The molecule has 21 heavy (non-hydrogen) atoms. The molecule has 0 saturated heterocycles. The van der Waals surface area contributed by atoms with Crippen LogP contribution in [-0.4, -0.2) is 26.2 Å². The smallest absolute Gasteiger partial charge is 0.191 e. The van der Waals surface area contributed by atoms with Crippen molar-refractivity contribution in [2.45, 2.75) is 13.5 Å². The van der Waals surface area contributed by atoms with E-state index in [4.69, 9.17) is 4.74 Å². The van der Waals surface area contributed by atoms with Crippen LogP contribution in [-0.2, 0) is 6.54 Å². The lowest BCUT2D eigenvalue weighted by molar-refractivity contribution is 0.321. The average Bonchev–Trinajstić information content (AvgIpc) is 3.00. The molecule has 2 aromatic rings. The summed E-state index contributed by atoms with van der Waals surface area (Å²) in [4.78, 5) is 5.48. The first-order valence-corrected chi connectivity index (χ1v) is 7.82. The molecule has 112 valence electrons. The highest BCUT2D eigenvalue weighted by Gasteiger charge is 1.99. The van der Waals surface area contributed by atoms with E-state index < -0.39 is 0 Å². The Morgan fingerprint density at radius 1 is 1.24 bits per heavy atom. The fourth-order valence-electron chi connectivity index (χ4n) is 1.85. The van der Waals surface area contributed by atoms with Crippen molar-refractivity contribution >= 4 is 17.3 Å². The van der Waals surface area contributed by atoms with Gasteiger partial charge >= 0.3 is 0 Å². The van der Waals surface area contributed by atoms with Gasteiger partial charge in [-0.05, 0) is 36.1 Å². The van der Waals surface area contributed by atoms with Gasteiger partial charge in [0, 0.05) is 11.9 Å². The number of ether oxygens (including phenoxy) is 1. The fourth-order valence-corrected chi connectivity index (χ4v) is 2.49. The Balaban J connectivity index is 1.66. The molecule has 1 heterocycles. The summed E-state index contributed by atoms with van der Waals surface area (Å²) in [6, 6.07) is 12.2. The molecule has 5 heteroatoms. The molecule has 1 aromatic carbocycles. The van der Waals surface area contributed by atoms with Crippen molar-refractivity contribution in [2.75, 3.05) is 20.2 Å². The van der Waals surface area contributed by atoms with Crippen LogP contribution >= 0.6 is 11.3 Å². The molecule has 0 amide bonds. The molecule has 2 N–H and O–H groups in total. The summed E-state index contributed by atoms with van der Waals surface area (Å²) in [7, 11) is 1.77. The van der Waals surface area contributed by atoms with Crippen LogP contribution in [0.4, 0.5) is 0 Å². The third-order valence-electron chi connectivity index (χ3n) is 2.89. The number of guanidine groups is 1. The molecule has 0 atom stereocenters. The number of hydrogen-bond donors (Lipinski definition) is 2. The van der Waals surface area contributed by atoms with Gasteiger partial charge in [0.2, 0.25) is 0 Å². The van der Waals surface area contributed by atoms with Crippen LogP contribution in [0.15, 0.2) is 46.8 Å². The van der Waals surface area contributed by atoms with E-state index in [1.807, 2.05) is 24.3 Å². The maximum atomic E-state index is 5.69. The van der Waals surface area contributed by atoms with Gasteiger partial charge in [0.1, 0.15) is 12.4 Å². The highest BCUT2D eigenvalue weighted by Crippen LogP contribution is 2.11. The van der Waals surface area contributed by atoms with Crippen LogP contribution in [0.3, 0.4) is 0 Å². The minimum atomic E-state index is 0.600. The van der Waals surface area contributed by atoms with Gasteiger partial charge < -0.3 is 15.4 Å². The largest absolute Gasteiger partial charge is 0.492 e. The van der Waals surface area contributed by atoms with Crippen LogP contribution in [0.2, 0.25) is 0 Å². The van der Waals surface area contributed by atoms with Gasteiger partial charge in [0.15, 0.2) is 5.96 Å². The predicted molar refractivity (Wildman–Crippen MR) is 89.2 cm³/mol. The van der Waals surface area contributed by atoms with Crippen molar-refractivity contribution in [3.63, 3.8) is 0 Å². The average molecular weight is 303 g/mol. The Labute approximate surface area is 129 Å². The Kier molecular flexibility index (Phi) is 6.09. The molecule has 0 aliphatic heterocycles. The second-order valence-electron chi connectivity index (χ2n) is 4.60. The quantitative estimate of drug-likeness (QED) is 0.490. The van der Waals surface area contributed by atoms with E-state index >= 15 is 0 Å². The molecular weight excluding hydrogens is 282 g/mol. The van der Waals surface area contributed by atoms with Crippen molar-refractivity contribution in [3.8, 4) is 5.75 Å². The third kappa shape index (κ3) is 5.47. The maximum absolute atomic E-state index is 5.69. The SMILES string of the molecule is CN=C(NCCOc1cccc(C)c1)NCc1cccs1. The first kappa shape index (κ1) is 15.4. The molecule has 0 saturated carbocycles. The van der Waals surface area contributed by atoms with Gasteiger partial charge in [-0.2, -0.15) is 0 Å². The Hall–Kier alpha value is -2.01. The molecule has 0 aliphatic carbocycles. The van der Waals surface area contributed by atoms with Crippen LogP contribution in [0, 0.1) is 6.92 Å². The van der Waals surface area contributed by atoms with Crippen molar-refractivity contribution < 1.29 is 4.74 Å². The molecule has 0 unspecified atom stereocenters. The summed E-state index contributed by atoms with van der Waals surface area (Å²) in [6.07, 6.45) is 0. The standard InChI is InChI=1S/C16H21N3OS/c1-13-5-3-6-14(11-13)20-9-8-18-16(17-2)19-12-15-7-4-10-21-15/h3-7,10-11H,8-9,12H2,1-2H3,(H2,17,18,19). The van der Waals surface area contributed by atoms with Crippen molar-refractivity contribution in [1.29, 1.82) is 0 Å². The summed E-state index contributed by atoms with van der Waals surface area (Å²) < 4.78 is 5.69. The molecule has 2 rings (SSSR count). The van der Waals surface area contributed by atoms with Crippen LogP contribution in [0.1, 0.15) is 10.4 Å². The molecule has 0 radical (unpaired) electrons. The molecule has 0 bridgehead atoms. The maximum Gasteiger partial charge on any atom is 0.191 e. The third-order valence-corrected chi connectivity index (χ3v) is 3.76. The highest BCUT2D eigenvalue weighted by molar-refractivity contribution is 7.09. The number of rotatable bonds is 6. The van der Waals surface area contributed by atoms with Gasteiger partial charge in [-0.15, -0.1) is 11.3 Å². The fraction of sp³-hybridized carbons (Fsp3) is 0.312. The predicted octanol–water partition coefficient (Wildman–Crippen LogP) is 2.80. The minimum Gasteiger partial charge on any atom is -0.492 e. The zero-order valence-electron chi connectivity index (χ0n) is 12.4. The molecule has 0 aliphatic rings. The summed E-state index contributed by atoms with van der Waals surface area (Å²) in [5, 5.41) is 8.58. The molecule has 0 spiro atoms. The summed E-state index contributed by atoms with van der Waals surface area (Å²) in [5.74, 6) is 1.69. The first-order valence-electron chi connectivity index (χ1n) is 6.94. The lowest BCUT2D eigenvalue weighted by atomic mass is 10.2. The number of aryl methyl sites for hydroxylation is 1. The van der Waals surface area contributed by atoms with E-state index in [0.29, 0.717) is 13.2 Å². The van der Waals surface area contributed by atoms with E-state index in [9.17, 15) is 0 Å². The highest BCUT2D eigenvalue weighted by atomic mass is 32.1. The van der Waals surface area contributed by atoms with Gasteiger partial charge in [0.25, 0.3) is 0 Å². The Morgan fingerprint density at radius 3 is 2.86 bits per heavy atom. The number of nitrogens with one attached hydrogen (secondary N) is 2. The van der Waals surface area contributed by atoms with Gasteiger partial charge in [-0.25, -0.2) is 0 Å². The number of thiophene rings is 1. The first-order chi connectivity index (χ1) is 10.3. The number of benzene rings is 1. The molecule has 1 aromatic heterocycles. The van der Waals surface area contributed by atoms with Crippen molar-refractivity contribution in [2.24, 2.45) is 4.99 Å². The lowest BCUT2D eigenvalue weighted by Gasteiger charge is -2.12. The van der Waals surface area contributed by atoms with Crippen LogP contribution in [0.5, 0.6) is 5.75 Å². The molecule has 0 fully saturated rings.